The molecule has 1 saturated carbocycles. The van der Waals surface area contributed by atoms with Crippen molar-refractivity contribution in [2.75, 3.05) is 19.6 Å². The predicted octanol–water partition coefficient (Wildman–Crippen LogP) is 3.01. The average Bonchev–Trinajstić information content (AvgIpc) is 3.51. The Hall–Kier alpha value is -2.54. The number of nitrogens with one attached hydrogen (secondary N) is 1. The number of fused-ring (bicyclic) bond motifs is 1. The zero-order chi connectivity index (χ0) is 21.9. The standard InChI is InChI=1S/C25H33N5O2/c31-23(8-7-18-4-1-2-5-18)30-13-9-20(16-30)24-27-22-10-12-29(17-21(22)25(32)28-24)15-19-6-3-11-26-14-19/h3,6,11,14,18,20H,1-2,4-5,7-10,12-13,15-17H2,(H,27,28,32)/t20-/m1/s1. The van der Waals surface area contributed by atoms with Gasteiger partial charge < -0.3 is 9.88 Å². The summed E-state index contributed by atoms with van der Waals surface area (Å²) in [6, 6.07) is 4.01. The third-order valence-corrected chi connectivity index (χ3v) is 7.46. The summed E-state index contributed by atoms with van der Waals surface area (Å²) in [7, 11) is 0. The molecule has 2 fully saturated rings. The molecule has 1 saturated heterocycles. The van der Waals surface area contributed by atoms with Gasteiger partial charge in [0.2, 0.25) is 5.91 Å². The van der Waals surface area contributed by atoms with Crippen LogP contribution >= 0.6 is 0 Å². The number of amides is 1. The first-order valence-corrected chi connectivity index (χ1v) is 12.2. The van der Waals surface area contributed by atoms with Gasteiger partial charge in [0.15, 0.2) is 0 Å². The van der Waals surface area contributed by atoms with Crippen LogP contribution < -0.4 is 5.56 Å². The zero-order valence-corrected chi connectivity index (χ0v) is 18.8. The maximum atomic E-state index is 12.9. The normalized spacial score (nSPS) is 21.8. The molecule has 3 aliphatic rings. The maximum Gasteiger partial charge on any atom is 0.255 e. The highest BCUT2D eigenvalue weighted by atomic mass is 16.2. The van der Waals surface area contributed by atoms with E-state index >= 15 is 0 Å². The molecule has 0 radical (unpaired) electrons. The van der Waals surface area contributed by atoms with Crippen LogP contribution in [0, 0.1) is 5.92 Å². The first kappa shape index (κ1) is 21.3. The quantitative estimate of drug-likeness (QED) is 0.754. The lowest BCUT2D eigenvalue weighted by Crippen LogP contribution is -2.36. The maximum absolute atomic E-state index is 12.9. The van der Waals surface area contributed by atoms with Crippen LogP contribution in [-0.4, -0.2) is 50.3 Å². The van der Waals surface area contributed by atoms with Gasteiger partial charge in [-0.05, 0) is 30.4 Å². The van der Waals surface area contributed by atoms with Crippen LogP contribution in [0.1, 0.15) is 73.5 Å². The molecular formula is C25H33N5O2. The summed E-state index contributed by atoms with van der Waals surface area (Å²) in [5.74, 6) is 1.91. The van der Waals surface area contributed by atoms with E-state index in [4.69, 9.17) is 4.98 Å². The fourth-order valence-electron chi connectivity index (χ4n) is 5.57. The molecule has 7 heteroatoms. The number of pyridine rings is 1. The molecule has 1 atom stereocenters. The minimum absolute atomic E-state index is 0.0214. The fourth-order valence-corrected chi connectivity index (χ4v) is 5.57. The smallest absolute Gasteiger partial charge is 0.255 e. The molecule has 0 unspecified atom stereocenters. The average molecular weight is 436 g/mol. The second-order valence-electron chi connectivity index (χ2n) is 9.71. The van der Waals surface area contributed by atoms with Gasteiger partial charge in [0.1, 0.15) is 5.82 Å². The Balaban J connectivity index is 1.20. The van der Waals surface area contributed by atoms with Gasteiger partial charge in [-0.3, -0.25) is 19.5 Å². The third-order valence-electron chi connectivity index (χ3n) is 7.46. The van der Waals surface area contributed by atoms with Crippen LogP contribution in [0.4, 0.5) is 0 Å². The summed E-state index contributed by atoms with van der Waals surface area (Å²) in [5.41, 5.74) is 2.84. The number of nitrogens with zero attached hydrogens (tertiary/aromatic N) is 4. The number of carbonyl (C=O) groups is 1. The molecule has 1 N–H and O–H groups in total. The second kappa shape index (κ2) is 9.53. The van der Waals surface area contributed by atoms with E-state index in [0.717, 1.165) is 67.5 Å². The molecular weight excluding hydrogens is 402 g/mol. The van der Waals surface area contributed by atoms with Crippen molar-refractivity contribution in [3.63, 3.8) is 0 Å². The number of likely N-dealkylation sites (tertiary alicyclic amines) is 1. The summed E-state index contributed by atoms with van der Waals surface area (Å²) < 4.78 is 0. The van der Waals surface area contributed by atoms with Crippen molar-refractivity contribution in [2.45, 2.75) is 70.4 Å². The SMILES string of the molecule is O=C(CCC1CCCC1)N1CC[C@@H](c2nc3c(c(=O)[nH]2)CN(Cc2cccnc2)CC3)C1. The Morgan fingerprint density at radius 2 is 2.06 bits per heavy atom. The van der Waals surface area contributed by atoms with Crippen molar-refractivity contribution in [1.82, 2.24) is 24.8 Å². The third kappa shape index (κ3) is 4.77. The molecule has 1 aliphatic carbocycles. The molecule has 2 aromatic rings. The van der Waals surface area contributed by atoms with E-state index in [1.807, 2.05) is 17.2 Å². The van der Waals surface area contributed by atoms with Crippen LogP contribution in [0.2, 0.25) is 0 Å². The molecule has 170 valence electrons. The molecule has 1 amide bonds. The van der Waals surface area contributed by atoms with Crippen molar-refractivity contribution in [3.8, 4) is 0 Å². The second-order valence-corrected chi connectivity index (χ2v) is 9.71. The number of hydrogen-bond acceptors (Lipinski definition) is 5. The van der Waals surface area contributed by atoms with Gasteiger partial charge in [-0.15, -0.1) is 0 Å². The van der Waals surface area contributed by atoms with Crippen molar-refractivity contribution in [3.05, 3.63) is 57.5 Å². The lowest BCUT2D eigenvalue weighted by molar-refractivity contribution is -0.130. The van der Waals surface area contributed by atoms with E-state index in [1.54, 1.807) is 6.20 Å². The Morgan fingerprint density at radius 3 is 2.88 bits per heavy atom. The van der Waals surface area contributed by atoms with Gasteiger partial charge in [0.25, 0.3) is 5.56 Å². The first-order valence-electron chi connectivity index (χ1n) is 12.2. The van der Waals surface area contributed by atoms with Crippen LogP contribution in [0.5, 0.6) is 0 Å². The van der Waals surface area contributed by atoms with Gasteiger partial charge in [-0.25, -0.2) is 4.98 Å². The monoisotopic (exact) mass is 435 g/mol. The number of hydrogen-bond donors (Lipinski definition) is 1. The molecule has 4 heterocycles. The molecule has 2 aromatic heterocycles. The number of carbonyl (C=O) groups excluding carboxylic acids is 1. The predicted molar refractivity (Wildman–Crippen MR) is 122 cm³/mol. The minimum Gasteiger partial charge on any atom is -0.342 e. The van der Waals surface area contributed by atoms with E-state index < -0.39 is 0 Å². The van der Waals surface area contributed by atoms with Gasteiger partial charge in [-0.2, -0.15) is 0 Å². The molecule has 0 bridgehead atoms. The summed E-state index contributed by atoms with van der Waals surface area (Å²) in [4.78, 5) is 41.9. The van der Waals surface area contributed by atoms with E-state index in [-0.39, 0.29) is 17.4 Å². The van der Waals surface area contributed by atoms with Gasteiger partial charge in [0, 0.05) is 63.9 Å². The lowest BCUT2D eigenvalue weighted by atomic mass is 10.0. The summed E-state index contributed by atoms with van der Waals surface area (Å²) in [6.45, 7) is 3.73. The Morgan fingerprint density at radius 1 is 1.19 bits per heavy atom. The van der Waals surface area contributed by atoms with E-state index in [0.29, 0.717) is 19.5 Å². The zero-order valence-electron chi connectivity index (χ0n) is 18.8. The van der Waals surface area contributed by atoms with Crippen LogP contribution in [-0.2, 0) is 24.3 Å². The fraction of sp³-hybridized carbons (Fsp3) is 0.600. The largest absolute Gasteiger partial charge is 0.342 e. The highest BCUT2D eigenvalue weighted by Crippen LogP contribution is 2.30. The Bertz CT molecular complexity index is 999. The van der Waals surface area contributed by atoms with Gasteiger partial charge >= 0.3 is 0 Å². The van der Waals surface area contributed by atoms with Crippen molar-refractivity contribution in [1.29, 1.82) is 0 Å². The van der Waals surface area contributed by atoms with Crippen LogP contribution in [0.25, 0.3) is 0 Å². The summed E-state index contributed by atoms with van der Waals surface area (Å²) in [5, 5.41) is 0. The lowest BCUT2D eigenvalue weighted by Gasteiger charge is -2.28. The first-order chi connectivity index (χ1) is 15.7. The van der Waals surface area contributed by atoms with Crippen LogP contribution in [0.15, 0.2) is 29.3 Å². The number of aromatic nitrogens is 3. The molecule has 0 aromatic carbocycles. The van der Waals surface area contributed by atoms with Crippen molar-refractivity contribution in [2.24, 2.45) is 5.92 Å². The summed E-state index contributed by atoms with van der Waals surface area (Å²) in [6.07, 6.45) is 12.2. The topological polar surface area (TPSA) is 82.2 Å². The number of H-pyrrole nitrogens is 1. The molecule has 7 nitrogen and oxygen atoms in total. The van der Waals surface area contributed by atoms with Crippen molar-refractivity contribution < 1.29 is 4.79 Å². The molecule has 5 rings (SSSR count). The number of rotatable bonds is 6. The highest BCUT2D eigenvalue weighted by Gasteiger charge is 2.31. The summed E-state index contributed by atoms with van der Waals surface area (Å²) >= 11 is 0. The van der Waals surface area contributed by atoms with E-state index in [1.165, 1.54) is 25.7 Å². The Labute approximate surface area is 189 Å². The molecule has 2 aliphatic heterocycles. The highest BCUT2D eigenvalue weighted by molar-refractivity contribution is 5.76. The Kier molecular flexibility index (Phi) is 6.35. The van der Waals surface area contributed by atoms with Gasteiger partial charge in [0.05, 0.1) is 11.3 Å². The van der Waals surface area contributed by atoms with E-state index in [9.17, 15) is 9.59 Å². The number of aromatic amines is 1. The molecule has 0 spiro atoms. The van der Waals surface area contributed by atoms with Crippen LogP contribution in [0.3, 0.4) is 0 Å². The molecule has 32 heavy (non-hydrogen) atoms. The van der Waals surface area contributed by atoms with E-state index in [2.05, 4.69) is 20.9 Å². The van der Waals surface area contributed by atoms with Gasteiger partial charge in [-0.1, -0.05) is 31.7 Å². The minimum atomic E-state index is -0.0214. The van der Waals surface area contributed by atoms with Crippen molar-refractivity contribution >= 4 is 5.91 Å².